The van der Waals surface area contributed by atoms with Gasteiger partial charge in [-0.2, -0.15) is 0 Å². The normalized spacial score (nSPS) is 15.0. The monoisotopic (exact) mass is 184 g/mol. The number of carbonyl (C=O) groups excluding carboxylic acids is 1. The van der Waals surface area contributed by atoms with Crippen LogP contribution in [0.3, 0.4) is 0 Å². The number of allylic oxidation sites excluding steroid dienone is 3. The molecule has 4 nitrogen and oxygen atoms in total. The lowest BCUT2D eigenvalue weighted by atomic mass is 10.2. The number of carbonyl (C=O) groups is 1. The van der Waals surface area contributed by atoms with Gasteiger partial charge in [0.15, 0.2) is 0 Å². The lowest BCUT2D eigenvalue weighted by molar-refractivity contribution is 0.0640. The molecule has 1 aliphatic carbocycles. The second-order valence-corrected chi connectivity index (χ2v) is 2.51. The number of ether oxygens (including phenoxy) is 2. The topological polar surface area (TPSA) is 55.8 Å². The van der Waals surface area contributed by atoms with Gasteiger partial charge in [0.1, 0.15) is 12.4 Å². The highest BCUT2D eigenvalue weighted by atomic mass is 16.7. The van der Waals surface area contributed by atoms with Crippen molar-refractivity contribution >= 4 is 6.16 Å². The van der Waals surface area contributed by atoms with Crippen molar-refractivity contribution in [2.75, 3.05) is 13.2 Å². The Bertz CT molecular complexity index is 230. The van der Waals surface area contributed by atoms with Crippen LogP contribution in [0.15, 0.2) is 24.0 Å². The maximum absolute atomic E-state index is 10.8. The number of aliphatic hydroxyl groups excluding tert-OH is 1. The largest absolute Gasteiger partial charge is 0.513 e. The molecule has 0 aromatic heterocycles. The van der Waals surface area contributed by atoms with Gasteiger partial charge in [-0.25, -0.2) is 4.79 Å². The summed E-state index contributed by atoms with van der Waals surface area (Å²) in [6, 6.07) is 0. The van der Waals surface area contributed by atoms with Crippen LogP contribution in [0, 0.1) is 0 Å². The van der Waals surface area contributed by atoms with E-state index in [1.165, 1.54) is 0 Å². The molecule has 0 atom stereocenters. The van der Waals surface area contributed by atoms with Crippen LogP contribution in [-0.4, -0.2) is 24.5 Å². The first kappa shape index (κ1) is 9.80. The summed E-state index contributed by atoms with van der Waals surface area (Å²) in [4.78, 5) is 10.8. The van der Waals surface area contributed by atoms with Gasteiger partial charge in [0.2, 0.25) is 0 Å². The van der Waals surface area contributed by atoms with Crippen molar-refractivity contribution in [3.8, 4) is 0 Å². The number of hydrogen-bond acceptors (Lipinski definition) is 4. The highest BCUT2D eigenvalue weighted by Gasteiger charge is 2.06. The van der Waals surface area contributed by atoms with Gasteiger partial charge in [-0.05, 0) is 25.0 Å². The van der Waals surface area contributed by atoms with E-state index in [9.17, 15) is 4.79 Å². The van der Waals surface area contributed by atoms with Crippen LogP contribution in [0.25, 0.3) is 0 Å². The zero-order valence-corrected chi connectivity index (χ0v) is 7.23. The quantitative estimate of drug-likeness (QED) is 0.673. The molecule has 1 aliphatic rings. The molecule has 0 bridgehead atoms. The van der Waals surface area contributed by atoms with Crippen molar-refractivity contribution in [1.82, 2.24) is 0 Å². The van der Waals surface area contributed by atoms with Gasteiger partial charge in [0, 0.05) is 0 Å². The van der Waals surface area contributed by atoms with E-state index in [4.69, 9.17) is 9.84 Å². The Hall–Kier alpha value is -1.29. The second-order valence-electron chi connectivity index (χ2n) is 2.51. The molecule has 0 heterocycles. The summed E-state index contributed by atoms with van der Waals surface area (Å²) >= 11 is 0. The Morgan fingerprint density at radius 2 is 2.38 bits per heavy atom. The first-order chi connectivity index (χ1) is 6.33. The van der Waals surface area contributed by atoms with Crippen molar-refractivity contribution in [3.63, 3.8) is 0 Å². The van der Waals surface area contributed by atoms with Gasteiger partial charge in [-0.1, -0.05) is 6.08 Å². The fourth-order valence-corrected chi connectivity index (χ4v) is 0.920. The van der Waals surface area contributed by atoms with Crippen LogP contribution in [0.1, 0.15) is 12.8 Å². The van der Waals surface area contributed by atoms with Gasteiger partial charge in [-0.15, -0.1) is 0 Å². The maximum Gasteiger partial charge on any atom is 0.513 e. The predicted octanol–water partition coefficient (Wildman–Crippen LogP) is 1.37. The number of hydrogen-bond donors (Lipinski definition) is 1. The minimum Gasteiger partial charge on any atom is -0.432 e. The zero-order valence-electron chi connectivity index (χ0n) is 7.23. The molecule has 13 heavy (non-hydrogen) atoms. The van der Waals surface area contributed by atoms with Gasteiger partial charge >= 0.3 is 6.16 Å². The van der Waals surface area contributed by atoms with E-state index in [0.717, 1.165) is 12.8 Å². The second kappa shape index (κ2) is 5.37. The number of aliphatic hydroxyl groups is 1. The summed E-state index contributed by atoms with van der Waals surface area (Å²) in [5, 5.41) is 8.36. The van der Waals surface area contributed by atoms with E-state index in [2.05, 4.69) is 4.74 Å². The van der Waals surface area contributed by atoms with Crippen LogP contribution >= 0.6 is 0 Å². The molecule has 0 aliphatic heterocycles. The number of rotatable bonds is 3. The third-order valence-electron chi connectivity index (χ3n) is 1.47. The lowest BCUT2D eigenvalue weighted by Gasteiger charge is -2.07. The van der Waals surface area contributed by atoms with E-state index >= 15 is 0 Å². The van der Waals surface area contributed by atoms with Crippen LogP contribution < -0.4 is 0 Å². The van der Waals surface area contributed by atoms with Crippen LogP contribution in [-0.2, 0) is 9.47 Å². The van der Waals surface area contributed by atoms with Crippen molar-refractivity contribution in [2.45, 2.75) is 12.8 Å². The van der Waals surface area contributed by atoms with E-state index in [-0.39, 0.29) is 13.2 Å². The molecule has 0 radical (unpaired) electrons. The molecule has 4 heteroatoms. The molecule has 0 saturated carbocycles. The summed E-state index contributed by atoms with van der Waals surface area (Å²) in [5.74, 6) is 0.509. The molecular formula is C9H12O4. The van der Waals surface area contributed by atoms with Crippen LogP contribution in [0.2, 0.25) is 0 Å². The first-order valence-corrected chi connectivity index (χ1v) is 4.15. The summed E-state index contributed by atoms with van der Waals surface area (Å²) in [6.07, 6.45) is 6.54. The third-order valence-corrected chi connectivity index (χ3v) is 1.47. The standard InChI is InChI=1S/C9H12O4/c10-6-7-12-9(11)13-8-4-2-1-3-5-8/h2,4-5,10H,1,3,6-7H2. The zero-order chi connectivity index (χ0) is 9.52. The SMILES string of the molecule is O=C(OCCO)OC1=CCCC=C1. The Morgan fingerprint density at radius 1 is 1.54 bits per heavy atom. The average Bonchev–Trinajstić information content (AvgIpc) is 2.16. The van der Waals surface area contributed by atoms with E-state index < -0.39 is 6.16 Å². The molecule has 0 aromatic rings. The summed E-state index contributed by atoms with van der Waals surface area (Å²) in [6.45, 7) is -0.222. The fraction of sp³-hybridized carbons (Fsp3) is 0.444. The Morgan fingerprint density at radius 3 is 3.00 bits per heavy atom. The summed E-state index contributed by atoms with van der Waals surface area (Å²) in [5.41, 5.74) is 0. The van der Waals surface area contributed by atoms with Gasteiger partial charge in [0.05, 0.1) is 6.61 Å². The van der Waals surface area contributed by atoms with Gasteiger partial charge < -0.3 is 14.6 Å². The van der Waals surface area contributed by atoms with E-state index in [1.807, 2.05) is 12.2 Å². The predicted molar refractivity (Wildman–Crippen MR) is 46.0 cm³/mol. The molecule has 0 amide bonds. The Balaban J connectivity index is 2.27. The van der Waals surface area contributed by atoms with Crippen molar-refractivity contribution in [2.24, 2.45) is 0 Å². The van der Waals surface area contributed by atoms with Gasteiger partial charge in [-0.3, -0.25) is 0 Å². The Labute approximate surface area is 76.5 Å². The lowest BCUT2D eigenvalue weighted by Crippen LogP contribution is -2.10. The summed E-state index contributed by atoms with van der Waals surface area (Å²) < 4.78 is 9.30. The van der Waals surface area contributed by atoms with Crippen LogP contribution in [0.4, 0.5) is 4.79 Å². The van der Waals surface area contributed by atoms with Crippen molar-refractivity contribution < 1.29 is 19.4 Å². The minimum absolute atomic E-state index is 0.0319. The molecule has 1 rings (SSSR count). The van der Waals surface area contributed by atoms with E-state index in [1.54, 1.807) is 6.08 Å². The summed E-state index contributed by atoms with van der Waals surface area (Å²) in [7, 11) is 0. The fourth-order valence-electron chi connectivity index (χ4n) is 0.920. The molecule has 72 valence electrons. The van der Waals surface area contributed by atoms with Crippen LogP contribution in [0.5, 0.6) is 0 Å². The smallest absolute Gasteiger partial charge is 0.432 e. The molecular weight excluding hydrogens is 172 g/mol. The molecule has 0 unspecified atom stereocenters. The maximum atomic E-state index is 10.8. The Kier molecular flexibility index (Phi) is 4.05. The van der Waals surface area contributed by atoms with Crippen molar-refractivity contribution in [3.05, 3.63) is 24.0 Å². The van der Waals surface area contributed by atoms with Gasteiger partial charge in [0.25, 0.3) is 0 Å². The molecule has 0 spiro atoms. The molecule has 0 aromatic carbocycles. The molecule has 0 saturated heterocycles. The van der Waals surface area contributed by atoms with Crippen molar-refractivity contribution in [1.29, 1.82) is 0 Å². The highest BCUT2D eigenvalue weighted by Crippen LogP contribution is 2.11. The molecule has 0 fully saturated rings. The third kappa shape index (κ3) is 3.75. The minimum atomic E-state index is -0.771. The first-order valence-electron chi connectivity index (χ1n) is 4.15. The van der Waals surface area contributed by atoms with E-state index in [0.29, 0.717) is 5.76 Å². The highest BCUT2D eigenvalue weighted by molar-refractivity contribution is 5.62. The molecule has 1 N–H and O–H groups in total. The average molecular weight is 184 g/mol.